The molecular formula is C20H22Cl2N4O2S. The Balaban J connectivity index is 1.90. The second-order valence-corrected chi connectivity index (χ2v) is 9.52. The van der Waals surface area contributed by atoms with Gasteiger partial charge in [-0.2, -0.15) is 4.98 Å². The lowest BCUT2D eigenvalue weighted by molar-refractivity contribution is 0.599. The van der Waals surface area contributed by atoms with Crippen molar-refractivity contribution in [2.24, 2.45) is 0 Å². The quantitative estimate of drug-likeness (QED) is 0.592. The third-order valence-electron chi connectivity index (χ3n) is 5.31. The molecule has 0 radical (unpaired) electrons. The van der Waals surface area contributed by atoms with Gasteiger partial charge in [-0.1, -0.05) is 29.3 Å². The molecule has 0 atom stereocenters. The summed E-state index contributed by atoms with van der Waals surface area (Å²) in [7, 11) is -3.84. The van der Waals surface area contributed by atoms with Crippen molar-refractivity contribution in [1.82, 2.24) is 14.8 Å². The van der Waals surface area contributed by atoms with E-state index in [1.165, 1.54) is 11.0 Å². The molecule has 1 N–H and O–H groups in total. The molecule has 3 aromatic rings. The number of nitrogens with zero attached hydrogens (tertiary/aromatic N) is 3. The van der Waals surface area contributed by atoms with Gasteiger partial charge < -0.3 is 0 Å². The molecule has 0 fully saturated rings. The van der Waals surface area contributed by atoms with Crippen LogP contribution >= 0.6 is 23.2 Å². The highest BCUT2D eigenvalue weighted by Gasteiger charge is 2.25. The molecule has 0 aliphatic rings. The Hall–Kier alpha value is -2.09. The molecule has 0 unspecified atom stereocenters. The largest absolute Gasteiger partial charge is 0.264 e. The Morgan fingerprint density at radius 2 is 1.55 bits per heavy atom. The molecule has 6 nitrogen and oxygen atoms in total. The van der Waals surface area contributed by atoms with E-state index < -0.39 is 10.0 Å². The topological polar surface area (TPSA) is 76.9 Å². The van der Waals surface area contributed by atoms with Gasteiger partial charge in [0.15, 0.2) is 0 Å². The summed E-state index contributed by atoms with van der Waals surface area (Å²) >= 11 is 12.1. The fraction of sp³-hybridized carbons (Fsp3) is 0.300. The number of halogens is 2. The standard InChI is InChI=1S/C20H22Cl2N4O2S/c1-11-12(2)14(4)19(15(5)13(11)3)29(27,28)25-20-23-10-26(24-20)9-16-6-7-17(21)8-18(16)22/h6-8,10H,9H2,1-5H3,(H,24,25). The summed E-state index contributed by atoms with van der Waals surface area (Å²) in [5.41, 5.74) is 5.28. The lowest BCUT2D eigenvalue weighted by Crippen LogP contribution is -2.18. The Bertz CT molecular complexity index is 1170. The molecule has 0 aliphatic carbocycles. The number of hydrogen-bond acceptors (Lipinski definition) is 4. The van der Waals surface area contributed by atoms with Crippen LogP contribution in [0.25, 0.3) is 0 Å². The summed E-state index contributed by atoms with van der Waals surface area (Å²) in [6, 6.07) is 5.17. The Kier molecular flexibility index (Phi) is 5.94. The number of hydrogen-bond donors (Lipinski definition) is 1. The van der Waals surface area contributed by atoms with E-state index in [1.54, 1.807) is 18.2 Å². The maximum absolute atomic E-state index is 13.1. The highest BCUT2D eigenvalue weighted by atomic mass is 35.5. The first kappa shape index (κ1) is 21.6. The number of nitrogens with one attached hydrogen (secondary N) is 1. The van der Waals surface area contributed by atoms with Crippen LogP contribution in [0.5, 0.6) is 0 Å². The van der Waals surface area contributed by atoms with Crippen molar-refractivity contribution in [3.05, 3.63) is 68.0 Å². The van der Waals surface area contributed by atoms with Crippen molar-refractivity contribution in [1.29, 1.82) is 0 Å². The van der Waals surface area contributed by atoms with Crippen molar-refractivity contribution >= 4 is 39.2 Å². The normalized spacial score (nSPS) is 11.7. The Morgan fingerprint density at radius 1 is 0.966 bits per heavy atom. The summed E-state index contributed by atoms with van der Waals surface area (Å²) in [4.78, 5) is 4.36. The van der Waals surface area contributed by atoms with Gasteiger partial charge in [-0.05, 0) is 80.1 Å². The van der Waals surface area contributed by atoms with E-state index in [9.17, 15) is 8.42 Å². The summed E-state index contributed by atoms with van der Waals surface area (Å²) in [6.07, 6.45) is 1.45. The van der Waals surface area contributed by atoms with Crippen molar-refractivity contribution in [3.63, 3.8) is 0 Å². The summed E-state index contributed by atoms with van der Waals surface area (Å²) in [6.45, 7) is 9.83. The molecule has 29 heavy (non-hydrogen) atoms. The molecular weight excluding hydrogens is 431 g/mol. The average Bonchev–Trinajstić information content (AvgIpc) is 3.06. The zero-order chi connectivity index (χ0) is 21.5. The maximum atomic E-state index is 13.1. The summed E-state index contributed by atoms with van der Waals surface area (Å²) in [5.74, 6) is 0.00441. The summed E-state index contributed by atoms with van der Waals surface area (Å²) < 4.78 is 30.2. The minimum Gasteiger partial charge on any atom is -0.246 e. The van der Waals surface area contributed by atoms with Gasteiger partial charge in [-0.3, -0.25) is 0 Å². The average molecular weight is 453 g/mol. The summed E-state index contributed by atoms with van der Waals surface area (Å²) in [5, 5.41) is 5.27. The molecule has 0 bridgehead atoms. The van der Waals surface area contributed by atoms with E-state index in [0.717, 1.165) is 33.4 Å². The first-order valence-corrected chi connectivity index (χ1v) is 11.2. The minimum atomic E-state index is -3.84. The number of benzene rings is 2. The third-order valence-corrected chi connectivity index (χ3v) is 7.50. The Labute approximate surface area is 180 Å². The van der Waals surface area contributed by atoms with E-state index in [0.29, 0.717) is 16.6 Å². The predicted molar refractivity (Wildman–Crippen MR) is 117 cm³/mol. The number of sulfonamides is 1. The van der Waals surface area contributed by atoms with Crippen LogP contribution in [0.1, 0.15) is 33.4 Å². The predicted octanol–water partition coefficient (Wildman–Crippen LogP) is 4.98. The second kappa shape index (κ2) is 7.97. The van der Waals surface area contributed by atoms with Crippen LogP contribution in [0.2, 0.25) is 10.0 Å². The smallest absolute Gasteiger partial charge is 0.246 e. The van der Waals surface area contributed by atoms with Crippen molar-refractivity contribution < 1.29 is 8.42 Å². The maximum Gasteiger partial charge on any atom is 0.264 e. The fourth-order valence-electron chi connectivity index (χ4n) is 3.28. The monoisotopic (exact) mass is 452 g/mol. The van der Waals surface area contributed by atoms with Crippen LogP contribution in [0, 0.1) is 34.6 Å². The van der Waals surface area contributed by atoms with Gasteiger partial charge in [0.2, 0.25) is 0 Å². The SMILES string of the molecule is Cc1c(C)c(C)c(S(=O)(=O)Nc2ncn(Cc3ccc(Cl)cc3Cl)n2)c(C)c1C. The van der Waals surface area contributed by atoms with Crippen LogP contribution in [0.4, 0.5) is 5.95 Å². The molecule has 1 heterocycles. The molecule has 2 aromatic carbocycles. The highest BCUT2D eigenvalue weighted by molar-refractivity contribution is 7.92. The van der Waals surface area contributed by atoms with Gasteiger partial charge in [-0.15, -0.1) is 5.10 Å². The fourth-order valence-corrected chi connectivity index (χ4v) is 5.30. The number of anilines is 1. The lowest BCUT2D eigenvalue weighted by atomic mass is 9.95. The lowest BCUT2D eigenvalue weighted by Gasteiger charge is -2.18. The first-order valence-electron chi connectivity index (χ1n) is 8.94. The molecule has 0 saturated heterocycles. The molecule has 0 amide bonds. The van der Waals surface area contributed by atoms with Gasteiger partial charge in [0.05, 0.1) is 11.4 Å². The number of rotatable bonds is 5. The van der Waals surface area contributed by atoms with E-state index in [2.05, 4.69) is 14.8 Å². The van der Waals surface area contributed by atoms with Crippen molar-refractivity contribution in [3.8, 4) is 0 Å². The van der Waals surface area contributed by atoms with Gasteiger partial charge >= 0.3 is 0 Å². The van der Waals surface area contributed by atoms with Gasteiger partial charge in [0.1, 0.15) is 6.33 Å². The van der Waals surface area contributed by atoms with Gasteiger partial charge in [-0.25, -0.2) is 17.8 Å². The zero-order valence-electron chi connectivity index (χ0n) is 16.8. The van der Waals surface area contributed by atoms with Gasteiger partial charge in [0, 0.05) is 10.0 Å². The second-order valence-electron chi connectivity index (χ2n) is 7.06. The zero-order valence-corrected chi connectivity index (χ0v) is 19.2. The third kappa shape index (κ3) is 4.27. The molecule has 0 aliphatic heterocycles. The van der Waals surface area contributed by atoms with E-state index in [1.807, 2.05) is 34.6 Å². The minimum absolute atomic E-state index is 0.00441. The Morgan fingerprint density at radius 3 is 2.14 bits per heavy atom. The van der Waals surface area contributed by atoms with E-state index in [4.69, 9.17) is 23.2 Å². The first-order chi connectivity index (χ1) is 13.5. The van der Waals surface area contributed by atoms with E-state index in [-0.39, 0.29) is 10.8 Å². The molecule has 1 aromatic heterocycles. The highest BCUT2D eigenvalue weighted by Crippen LogP contribution is 2.30. The van der Waals surface area contributed by atoms with Crippen LogP contribution in [-0.2, 0) is 16.6 Å². The van der Waals surface area contributed by atoms with Crippen molar-refractivity contribution in [2.75, 3.05) is 4.72 Å². The van der Waals surface area contributed by atoms with Crippen LogP contribution < -0.4 is 4.72 Å². The van der Waals surface area contributed by atoms with Crippen LogP contribution in [0.3, 0.4) is 0 Å². The van der Waals surface area contributed by atoms with Crippen LogP contribution in [0.15, 0.2) is 29.4 Å². The van der Waals surface area contributed by atoms with E-state index >= 15 is 0 Å². The van der Waals surface area contributed by atoms with Gasteiger partial charge in [0.25, 0.3) is 16.0 Å². The van der Waals surface area contributed by atoms with Crippen molar-refractivity contribution in [2.45, 2.75) is 46.1 Å². The molecule has 9 heteroatoms. The molecule has 3 rings (SSSR count). The molecule has 154 valence electrons. The molecule has 0 spiro atoms. The molecule has 0 saturated carbocycles. The van der Waals surface area contributed by atoms with Crippen LogP contribution in [-0.4, -0.2) is 23.2 Å². The number of aromatic nitrogens is 3.